The zero-order valence-electron chi connectivity index (χ0n) is 13.7. The Morgan fingerprint density at radius 1 is 1.38 bits per heavy atom. The molecule has 0 aliphatic carbocycles. The number of hydrogen-bond donors (Lipinski definition) is 1. The maximum atomic E-state index is 13.0. The Bertz CT molecular complexity index is 743. The van der Waals surface area contributed by atoms with E-state index in [1.54, 1.807) is 31.4 Å². The Morgan fingerprint density at radius 2 is 2.12 bits per heavy atom. The van der Waals surface area contributed by atoms with E-state index >= 15 is 0 Å². The summed E-state index contributed by atoms with van der Waals surface area (Å²) >= 11 is 1.15. The Labute approximate surface area is 145 Å². The van der Waals surface area contributed by atoms with Crippen molar-refractivity contribution in [3.63, 3.8) is 0 Å². The normalized spacial score (nSPS) is 24.8. The van der Waals surface area contributed by atoms with Gasteiger partial charge < -0.3 is 10.2 Å². The molecule has 3 rings (SSSR count). The first-order chi connectivity index (χ1) is 11.3. The molecule has 0 aromatic carbocycles. The standard InChI is InChI=1S/C15H21N3O4S2/c1-15(2)14(20)16-7-9-17(15)13(19)11-5-3-8-18(11)24(21,22)12-6-4-10-23-12/h4,6,10-11H,3,5,7-9H2,1-2H3,(H,16,20)/t11-/m0/s1. The van der Waals surface area contributed by atoms with Crippen LogP contribution >= 0.6 is 11.3 Å². The van der Waals surface area contributed by atoms with Crippen molar-refractivity contribution in [3.05, 3.63) is 17.5 Å². The van der Waals surface area contributed by atoms with E-state index in [4.69, 9.17) is 0 Å². The lowest BCUT2D eigenvalue weighted by atomic mass is 9.97. The largest absolute Gasteiger partial charge is 0.352 e. The Kier molecular flexibility index (Phi) is 4.43. The lowest BCUT2D eigenvalue weighted by molar-refractivity contribution is -0.151. The fraction of sp³-hybridized carbons (Fsp3) is 0.600. The molecule has 3 heterocycles. The second kappa shape index (κ2) is 6.12. The lowest BCUT2D eigenvalue weighted by Crippen LogP contribution is -2.65. The maximum Gasteiger partial charge on any atom is 0.253 e. The van der Waals surface area contributed by atoms with Crippen molar-refractivity contribution in [2.24, 2.45) is 0 Å². The number of nitrogens with one attached hydrogen (secondary N) is 1. The molecule has 0 unspecified atom stereocenters. The summed E-state index contributed by atoms with van der Waals surface area (Å²) in [6, 6.07) is 2.50. The Balaban J connectivity index is 1.88. The summed E-state index contributed by atoms with van der Waals surface area (Å²) < 4.78 is 27.2. The van der Waals surface area contributed by atoms with Gasteiger partial charge in [0.1, 0.15) is 15.8 Å². The average molecular weight is 371 g/mol. The first kappa shape index (κ1) is 17.4. The highest BCUT2D eigenvalue weighted by atomic mass is 32.2. The number of rotatable bonds is 3. The summed E-state index contributed by atoms with van der Waals surface area (Å²) in [6.45, 7) is 4.48. The molecule has 0 radical (unpaired) electrons. The van der Waals surface area contributed by atoms with Gasteiger partial charge in [0.25, 0.3) is 10.0 Å². The molecular weight excluding hydrogens is 350 g/mol. The highest BCUT2D eigenvalue weighted by Gasteiger charge is 2.47. The quantitative estimate of drug-likeness (QED) is 0.845. The molecule has 0 saturated carbocycles. The van der Waals surface area contributed by atoms with Crippen molar-refractivity contribution in [3.8, 4) is 0 Å². The molecule has 2 aliphatic heterocycles. The predicted octanol–water partition coefficient (Wildman–Crippen LogP) is 0.638. The second-order valence-corrected chi connectivity index (χ2v) is 9.58. The molecule has 2 aliphatic rings. The molecule has 24 heavy (non-hydrogen) atoms. The predicted molar refractivity (Wildman–Crippen MR) is 90.0 cm³/mol. The van der Waals surface area contributed by atoms with Crippen LogP contribution in [0.3, 0.4) is 0 Å². The summed E-state index contributed by atoms with van der Waals surface area (Å²) in [4.78, 5) is 26.6. The smallest absolute Gasteiger partial charge is 0.253 e. The molecule has 1 N–H and O–H groups in total. The van der Waals surface area contributed by atoms with Crippen LogP contribution in [-0.2, 0) is 19.6 Å². The molecule has 2 amide bonds. The maximum absolute atomic E-state index is 13.0. The van der Waals surface area contributed by atoms with Gasteiger partial charge in [0.15, 0.2) is 0 Å². The number of hydrogen-bond acceptors (Lipinski definition) is 5. The molecule has 1 atom stereocenters. The minimum atomic E-state index is -3.68. The monoisotopic (exact) mass is 371 g/mol. The van der Waals surface area contributed by atoms with Gasteiger partial charge in [0.05, 0.1) is 0 Å². The number of carbonyl (C=O) groups excluding carboxylic acids is 2. The van der Waals surface area contributed by atoms with Crippen LogP contribution in [0.1, 0.15) is 26.7 Å². The van der Waals surface area contributed by atoms with Crippen LogP contribution in [0.4, 0.5) is 0 Å². The lowest BCUT2D eigenvalue weighted by Gasteiger charge is -2.43. The fourth-order valence-electron chi connectivity index (χ4n) is 3.27. The van der Waals surface area contributed by atoms with Crippen molar-refractivity contribution in [2.45, 2.75) is 42.5 Å². The first-order valence-electron chi connectivity index (χ1n) is 7.91. The fourth-order valence-corrected chi connectivity index (χ4v) is 6.04. The van der Waals surface area contributed by atoms with Gasteiger partial charge in [0.2, 0.25) is 11.8 Å². The van der Waals surface area contributed by atoms with Crippen molar-refractivity contribution in [2.75, 3.05) is 19.6 Å². The Hall–Kier alpha value is -1.45. The number of nitrogens with zero attached hydrogens (tertiary/aromatic N) is 2. The van der Waals surface area contributed by atoms with Crippen LogP contribution in [0.15, 0.2) is 21.7 Å². The zero-order chi connectivity index (χ0) is 17.5. The zero-order valence-corrected chi connectivity index (χ0v) is 15.3. The molecule has 1 aromatic heterocycles. The highest BCUT2D eigenvalue weighted by Crippen LogP contribution is 2.31. The van der Waals surface area contributed by atoms with Crippen molar-refractivity contribution >= 4 is 33.2 Å². The van der Waals surface area contributed by atoms with Crippen LogP contribution in [0.5, 0.6) is 0 Å². The third-order valence-electron chi connectivity index (χ3n) is 4.66. The SMILES string of the molecule is CC1(C)C(=O)NCCN1C(=O)[C@@H]1CCCN1S(=O)(=O)c1cccs1. The number of amides is 2. The third-order valence-corrected chi connectivity index (χ3v) is 7.95. The van der Waals surface area contributed by atoms with E-state index in [-0.39, 0.29) is 16.0 Å². The van der Waals surface area contributed by atoms with Crippen molar-refractivity contribution in [1.29, 1.82) is 0 Å². The number of sulfonamides is 1. The van der Waals surface area contributed by atoms with Crippen LogP contribution in [0.25, 0.3) is 0 Å². The summed E-state index contributed by atoms with van der Waals surface area (Å²) in [7, 11) is -3.68. The van der Waals surface area contributed by atoms with Crippen LogP contribution in [0.2, 0.25) is 0 Å². The number of carbonyl (C=O) groups is 2. The topological polar surface area (TPSA) is 86.8 Å². The van der Waals surface area contributed by atoms with Crippen molar-refractivity contribution in [1.82, 2.24) is 14.5 Å². The van der Waals surface area contributed by atoms with E-state index in [1.807, 2.05) is 0 Å². The number of piperazine rings is 1. The van der Waals surface area contributed by atoms with Crippen molar-refractivity contribution < 1.29 is 18.0 Å². The minimum Gasteiger partial charge on any atom is -0.352 e. The summed E-state index contributed by atoms with van der Waals surface area (Å²) in [5, 5.41) is 4.45. The molecule has 1 aromatic rings. The highest BCUT2D eigenvalue weighted by molar-refractivity contribution is 7.91. The molecule has 2 fully saturated rings. The van der Waals surface area contributed by atoms with Gasteiger partial charge >= 0.3 is 0 Å². The molecule has 0 spiro atoms. The summed E-state index contributed by atoms with van der Waals surface area (Å²) in [5.74, 6) is -0.500. The van der Waals surface area contributed by atoms with Gasteiger partial charge in [-0.25, -0.2) is 8.42 Å². The molecular formula is C15H21N3O4S2. The summed E-state index contributed by atoms with van der Waals surface area (Å²) in [6.07, 6.45) is 1.12. The van der Waals surface area contributed by atoms with E-state index in [1.165, 1.54) is 9.21 Å². The van der Waals surface area contributed by atoms with Gasteiger partial charge in [-0.15, -0.1) is 11.3 Å². The molecule has 7 nitrogen and oxygen atoms in total. The van der Waals surface area contributed by atoms with Crippen LogP contribution in [-0.4, -0.2) is 60.7 Å². The van der Waals surface area contributed by atoms with E-state index in [0.717, 1.165) is 11.3 Å². The molecule has 9 heteroatoms. The van der Waals surface area contributed by atoms with Gasteiger partial charge in [-0.2, -0.15) is 4.31 Å². The van der Waals surface area contributed by atoms with Gasteiger partial charge in [-0.1, -0.05) is 6.07 Å². The number of thiophene rings is 1. The van der Waals surface area contributed by atoms with Gasteiger partial charge in [-0.3, -0.25) is 9.59 Å². The van der Waals surface area contributed by atoms with E-state index in [2.05, 4.69) is 5.32 Å². The first-order valence-corrected chi connectivity index (χ1v) is 10.2. The van der Waals surface area contributed by atoms with Gasteiger partial charge in [-0.05, 0) is 38.1 Å². The van der Waals surface area contributed by atoms with Gasteiger partial charge in [0, 0.05) is 19.6 Å². The Morgan fingerprint density at radius 3 is 2.79 bits per heavy atom. The molecule has 132 valence electrons. The van der Waals surface area contributed by atoms with E-state index in [0.29, 0.717) is 32.5 Å². The average Bonchev–Trinajstić information content (AvgIpc) is 3.21. The van der Waals surface area contributed by atoms with E-state index < -0.39 is 21.6 Å². The van der Waals surface area contributed by atoms with Crippen LogP contribution < -0.4 is 5.32 Å². The van der Waals surface area contributed by atoms with Crippen LogP contribution in [0, 0.1) is 0 Å². The minimum absolute atomic E-state index is 0.215. The second-order valence-electron chi connectivity index (χ2n) is 6.51. The molecule has 2 saturated heterocycles. The van der Waals surface area contributed by atoms with E-state index in [9.17, 15) is 18.0 Å². The third kappa shape index (κ3) is 2.74. The molecule has 0 bridgehead atoms. The summed E-state index contributed by atoms with van der Waals surface area (Å²) in [5.41, 5.74) is -0.976.